The van der Waals surface area contributed by atoms with Gasteiger partial charge in [0.1, 0.15) is 6.61 Å². The third kappa shape index (κ3) is 4.36. The van der Waals surface area contributed by atoms with Gasteiger partial charge in [0.15, 0.2) is 0 Å². The van der Waals surface area contributed by atoms with E-state index in [1.165, 1.54) is 6.92 Å². The lowest BCUT2D eigenvalue weighted by Crippen LogP contribution is -2.20. The Labute approximate surface area is 65.2 Å². The standard InChI is InChI=1S/C7H12O4/c1-3-6(7(9)10)4-11-5(2)8/h6H,3-4H2,1-2H3,(H,9,10)/t6-/m1/s1. The van der Waals surface area contributed by atoms with E-state index in [0.717, 1.165) is 0 Å². The van der Waals surface area contributed by atoms with Crippen LogP contribution in [-0.2, 0) is 14.3 Å². The molecule has 0 aromatic heterocycles. The van der Waals surface area contributed by atoms with Crippen molar-refractivity contribution in [3.8, 4) is 0 Å². The van der Waals surface area contributed by atoms with Gasteiger partial charge in [-0.05, 0) is 6.42 Å². The molecule has 4 nitrogen and oxygen atoms in total. The van der Waals surface area contributed by atoms with Crippen molar-refractivity contribution in [3.63, 3.8) is 0 Å². The molecule has 4 heteroatoms. The van der Waals surface area contributed by atoms with Crippen molar-refractivity contribution in [1.29, 1.82) is 0 Å². The van der Waals surface area contributed by atoms with Crippen LogP contribution in [0.3, 0.4) is 0 Å². The number of esters is 1. The van der Waals surface area contributed by atoms with Gasteiger partial charge in [-0.3, -0.25) is 9.59 Å². The fourth-order valence-electron chi connectivity index (χ4n) is 0.582. The molecule has 1 N–H and O–H groups in total. The summed E-state index contributed by atoms with van der Waals surface area (Å²) in [5.74, 6) is -1.93. The Morgan fingerprint density at radius 1 is 1.55 bits per heavy atom. The van der Waals surface area contributed by atoms with E-state index in [9.17, 15) is 9.59 Å². The Bertz CT molecular complexity index is 153. The molecular weight excluding hydrogens is 148 g/mol. The molecule has 0 saturated carbocycles. The van der Waals surface area contributed by atoms with Crippen molar-refractivity contribution in [3.05, 3.63) is 0 Å². The maximum absolute atomic E-state index is 10.4. The van der Waals surface area contributed by atoms with Gasteiger partial charge in [0.05, 0.1) is 5.92 Å². The highest BCUT2D eigenvalue weighted by molar-refractivity contribution is 5.71. The molecule has 0 heterocycles. The number of hydrogen-bond donors (Lipinski definition) is 1. The molecular formula is C7H12O4. The van der Waals surface area contributed by atoms with Crippen LogP contribution in [0, 0.1) is 5.92 Å². The summed E-state index contributed by atoms with van der Waals surface area (Å²) in [5.41, 5.74) is 0. The topological polar surface area (TPSA) is 63.6 Å². The summed E-state index contributed by atoms with van der Waals surface area (Å²) in [4.78, 5) is 20.6. The van der Waals surface area contributed by atoms with E-state index in [0.29, 0.717) is 6.42 Å². The number of carboxylic acids is 1. The molecule has 0 aliphatic heterocycles. The smallest absolute Gasteiger partial charge is 0.309 e. The molecule has 0 spiro atoms. The van der Waals surface area contributed by atoms with Crippen LogP contribution >= 0.6 is 0 Å². The van der Waals surface area contributed by atoms with E-state index in [1.54, 1.807) is 6.92 Å². The van der Waals surface area contributed by atoms with Crippen molar-refractivity contribution in [1.82, 2.24) is 0 Å². The van der Waals surface area contributed by atoms with Crippen molar-refractivity contribution < 1.29 is 19.4 Å². The Morgan fingerprint density at radius 2 is 2.09 bits per heavy atom. The summed E-state index contributed by atoms with van der Waals surface area (Å²) in [6, 6.07) is 0. The van der Waals surface area contributed by atoms with Gasteiger partial charge < -0.3 is 9.84 Å². The zero-order chi connectivity index (χ0) is 8.85. The normalized spacial score (nSPS) is 12.2. The summed E-state index contributed by atoms with van der Waals surface area (Å²) in [7, 11) is 0. The predicted molar refractivity (Wildman–Crippen MR) is 38.0 cm³/mol. The average molecular weight is 160 g/mol. The number of aliphatic carboxylic acids is 1. The highest BCUT2D eigenvalue weighted by Gasteiger charge is 2.15. The maximum Gasteiger partial charge on any atom is 0.309 e. The molecule has 0 aliphatic carbocycles. The predicted octanol–water partition coefficient (Wildman–Crippen LogP) is 0.660. The first-order chi connectivity index (χ1) is 5.07. The second-order valence-electron chi connectivity index (χ2n) is 2.25. The first-order valence-electron chi connectivity index (χ1n) is 3.44. The molecule has 64 valence electrons. The van der Waals surface area contributed by atoms with E-state index < -0.39 is 17.9 Å². The fraction of sp³-hybridized carbons (Fsp3) is 0.714. The van der Waals surface area contributed by atoms with Crippen LogP contribution in [0.2, 0.25) is 0 Å². The number of rotatable bonds is 4. The first kappa shape index (κ1) is 9.94. The molecule has 1 atom stereocenters. The molecule has 0 radical (unpaired) electrons. The Morgan fingerprint density at radius 3 is 2.36 bits per heavy atom. The van der Waals surface area contributed by atoms with Crippen molar-refractivity contribution in [2.24, 2.45) is 5.92 Å². The summed E-state index contributed by atoms with van der Waals surface area (Å²) in [6.07, 6.45) is 0.475. The van der Waals surface area contributed by atoms with E-state index in [2.05, 4.69) is 4.74 Å². The Hall–Kier alpha value is -1.06. The van der Waals surface area contributed by atoms with Crippen LogP contribution in [0.5, 0.6) is 0 Å². The summed E-state index contributed by atoms with van der Waals surface area (Å²) in [5, 5.41) is 8.49. The van der Waals surface area contributed by atoms with Crippen molar-refractivity contribution >= 4 is 11.9 Å². The van der Waals surface area contributed by atoms with Gasteiger partial charge in [0.2, 0.25) is 0 Å². The monoisotopic (exact) mass is 160 g/mol. The Kier molecular flexibility index (Phi) is 4.26. The number of carboxylic acid groups (broad SMARTS) is 1. The highest BCUT2D eigenvalue weighted by Crippen LogP contribution is 2.02. The molecule has 11 heavy (non-hydrogen) atoms. The quantitative estimate of drug-likeness (QED) is 0.613. The molecule has 0 rings (SSSR count). The Balaban J connectivity index is 3.70. The van der Waals surface area contributed by atoms with Crippen LogP contribution in [0.15, 0.2) is 0 Å². The minimum Gasteiger partial charge on any atom is -0.481 e. The molecule has 0 aromatic carbocycles. The summed E-state index contributed by atoms with van der Waals surface area (Å²) >= 11 is 0. The number of ether oxygens (including phenoxy) is 1. The minimum atomic E-state index is -0.922. The molecule has 0 saturated heterocycles. The molecule has 0 aliphatic rings. The van der Waals surface area contributed by atoms with Crippen LogP contribution in [0.4, 0.5) is 0 Å². The van der Waals surface area contributed by atoms with Crippen molar-refractivity contribution in [2.75, 3.05) is 6.61 Å². The summed E-state index contributed by atoms with van der Waals surface area (Å²) < 4.78 is 4.54. The lowest BCUT2D eigenvalue weighted by molar-refractivity contribution is -0.149. The van der Waals surface area contributed by atoms with E-state index >= 15 is 0 Å². The fourth-order valence-corrected chi connectivity index (χ4v) is 0.582. The van der Waals surface area contributed by atoms with E-state index in [4.69, 9.17) is 5.11 Å². The van der Waals surface area contributed by atoms with Gasteiger partial charge in [-0.25, -0.2) is 0 Å². The average Bonchev–Trinajstić information content (AvgIpc) is 1.87. The zero-order valence-corrected chi connectivity index (χ0v) is 6.66. The zero-order valence-electron chi connectivity index (χ0n) is 6.66. The largest absolute Gasteiger partial charge is 0.481 e. The molecule has 0 unspecified atom stereocenters. The third-order valence-corrected chi connectivity index (χ3v) is 1.33. The van der Waals surface area contributed by atoms with E-state index in [1.807, 2.05) is 0 Å². The number of hydrogen-bond acceptors (Lipinski definition) is 3. The molecule has 0 aromatic rings. The number of carbonyl (C=O) groups excluding carboxylic acids is 1. The second kappa shape index (κ2) is 4.71. The summed E-state index contributed by atoms with van der Waals surface area (Å²) in [6.45, 7) is 2.97. The van der Waals surface area contributed by atoms with Gasteiger partial charge in [-0.15, -0.1) is 0 Å². The van der Waals surface area contributed by atoms with Crippen molar-refractivity contribution in [2.45, 2.75) is 20.3 Å². The highest BCUT2D eigenvalue weighted by atomic mass is 16.5. The minimum absolute atomic E-state index is 0.0266. The van der Waals surface area contributed by atoms with Crippen LogP contribution in [0.25, 0.3) is 0 Å². The maximum atomic E-state index is 10.4. The SMILES string of the molecule is CC[C@H](COC(C)=O)C(=O)O. The van der Waals surface area contributed by atoms with Crippen LogP contribution in [-0.4, -0.2) is 23.7 Å². The molecule has 0 amide bonds. The van der Waals surface area contributed by atoms with Gasteiger partial charge in [-0.2, -0.15) is 0 Å². The third-order valence-electron chi connectivity index (χ3n) is 1.33. The van der Waals surface area contributed by atoms with Crippen LogP contribution in [0.1, 0.15) is 20.3 Å². The van der Waals surface area contributed by atoms with Gasteiger partial charge in [0, 0.05) is 6.92 Å². The van der Waals surface area contributed by atoms with Crippen LogP contribution < -0.4 is 0 Å². The first-order valence-corrected chi connectivity index (χ1v) is 3.44. The lowest BCUT2D eigenvalue weighted by atomic mass is 10.1. The van der Waals surface area contributed by atoms with Gasteiger partial charge in [0.25, 0.3) is 0 Å². The molecule has 0 fully saturated rings. The van der Waals surface area contributed by atoms with Gasteiger partial charge >= 0.3 is 11.9 Å². The lowest BCUT2D eigenvalue weighted by Gasteiger charge is -2.08. The second-order valence-corrected chi connectivity index (χ2v) is 2.25. The molecule has 0 bridgehead atoms. The van der Waals surface area contributed by atoms with Gasteiger partial charge in [-0.1, -0.05) is 6.92 Å². The van der Waals surface area contributed by atoms with E-state index in [-0.39, 0.29) is 6.61 Å². The number of carbonyl (C=O) groups is 2.